The predicted molar refractivity (Wildman–Crippen MR) is 118 cm³/mol. The number of likely N-dealkylation sites (N-methyl/N-ethyl adjacent to an activating group) is 2. The molecule has 8 heteroatoms. The normalized spacial score (nSPS) is 13.2. The van der Waals surface area contributed by atoms with Gasteiger partial charge >= 0.3 is 11.9 Å². The molecule has 0 bridgehead atoms. The van der Waals surface area contributed by atoms with Crippen molar-refractivity contribution in [1.29, 1.82) is 0 Å². The van der Waals surface area contributed by atoms with Crippen molar-refractivity contribution in [2.24, 2.45) is 0 Å². The molecule has 0 aliphatic carbocycles. The van der Waals surface area contributed by atoms with Crippen LogP contribution in [0.5, 0.6) is 0 Å². The summed E-state index contributed by atoms with van der Waals surface area (Å²) in [6.07, 6.45) is 5.43. The summed E-state index contributed by atoms with van der Waals surface area (Å²) in [4.78, 5) is 38.0. The zero-order valence-electron chi connectivity index (χ0n) is 19.9. The average molecular weight is 430 g/mol. The first-order valence-electron chi connectivity index (χ1n) is 11.1. The van der Waals surface area contributed by atoms with Crippen LogP contribution in [0.25, 0.3) is 0 Å². The molecule has 0 unspecified atom stereocenters. The summed E-state index contributed by atoms with van der Waals surface area (Å²) in [5, 5.41) is 2.74. The van der Waals surface area contributed by atoms with Crippen LogP contribution in [-0.4, -0.2) is 86.7 Å². The standard InChI is InChI=1S/C22H43N3O5/c1-7-8-11-21(29-19(3)27)16-24(5)14-9-10-15-25(6)17-22(30-20(4)28)12-13-23-18(2)26/h21-22H,7-17H2,1-6H3,(H,23,26)/t21-,22-/m0/s1. The lowest BCUT2D eigenvalue weighted by Crippen LogP contribution is -2.36. The molecule has 1 N–H and O–H groups in total. The Labute approximate surface area is 182 Å². The molecule has 0 aromatic carbocycles. The first-order valence-corrected chi connectivity index (χ1v) is 11.1. The van der Waals surface area contributed by atoms with Gasteiger partial charge in [-0.3, -0.25) is 14.4 Å². The van der Waals surface area contributed by atoms with Crippen molar-refractivity contribution < 1.29 is 23.9 Å². The van der Waals surface area contributed by atoms with Gasteiger partial charge < -0.3 is 24.6 Å². The van der Waals surface area contributed by atoms with Crippen LogP contribution < -0.4 is 5.32 Å². The zero-order valence-corrected chi connectivity index (χ0v) is 19.9. The van der Waals surface area contributed by atoms with E-state index in [4.69, 9.17) is 9.47 Å². The molecule has 0 fully saturated rings. The first-order chi connectivity index (χ1) is 14.1. The molecular formula is C22H43N3O5. The molecule has 0 aromatic rings. The average Bonchev–Trinajstić information content (AvgIpc) is 2.62. The first kappa shape index (κ1) is 28.3. The Morgan fingerprint density at radius 2 is 1.27 bits per heavy atom. The Morgan fingerprint density at radius 1 is 0.800 bits per heavy atom. The van der Waals surface area contributed by atoms with Gasteiger partial charge in [0, 0.05) is 46.8 Å². The Bertz CT molecular complexity index is 501. The van der Waals surface area contributed by atoms with Gasteiger partial charge in [0.2, 0.25) is 5.91 Å². The van der Waals surface area contributed by atoms with Crippen LogP contribution in [0.15, 0.2) is 0 Å². The van der Waals surface area contributed by atoms with E-state index < -0.39 is 0 Å². The highest BCUT2D eigenvalue weighted by molar-refractivity contribution is 5.72. The second-order valence-electron chi connectivity index (χ2n) is 8.11. The highest BCUT2D eigenvalue weighted by Gasteiger charge is 2.16. The second-order valence-corrected chi connectivity index (χ2v) is 8.11. The number of unbranched alkanes of at least 4 members (excludes halogenated alkanes) is 2. The van der Waals surface area contributed by atoms with Crippen molar-refractivity contribution in [3.63, 3.8) is 0 Å². The summed E-state index contributed by atoms with van der Waals surface area (Å²) in [5.74, 6) is -0.602. The quantitative estimate of drug-likeness (QED) is 0.280. The minimum absolute atomic E-state index is 0.0387. The minimum atomic E-state index is -0.303. The van der Waals surface area contributed by atoms with E-state index in [1.165, 1.54) is 20.8 Å². The second kappa shape index (κ2) is 17.1. The summed E-state index contributed by atoms with van der Waals surface area (Å²) in [7, 11) is 4.07. The molecule has 0 saturated carbocycles. The van der Waals surface area contributed by atoms with Gasteiger partial charge in [-0.05, 0) is 52.9 Å². The molecule has 8 nitrogen and oxygen atoms in total. The number of carbonyl (C=O) groups excluding carboxylic acids is 3. The van der Waals surface area contributed by atoms with Crippen molar-refractivity contribution in [2.75, 3.05) is 46.8 Å². The molecular weight excluding hydrogens is 386 g/mol. The maximum Gasteiger partial charge on any atom is 0.302 e. The molecule has 0 heterocycles. The summed E-state index contributed by atoms with van der Waals surface area (Å²) in [5.41, 5.74) is 0. The van der Waals surface area contributed by atoms with Crippen molar-refractivity contribution >= 4 is 17.8 Å². The number of nitrogens with one attached hydrogen (secondary N) is 1. The third kappa shape index (κ3) is 17.2. The van der Waals surface area contributed by atoms with Crippen molar-refractivity contribution in [3.05, 3.63) is 0 Å². The fraction of sp³-hybridized carbons (Fsp3) is 0.864. The van der Waals surface area contributed by atoms with Crippen molar-refractivity contribution in [3.8, 4) is 0 Å². The molecule has 1 amide bonds. The number of rotatable bonds is 17. The van der Waals surface area contributed by atoms with E-state index in [1.807, 2.05) is 7.05 Å². The molecule has 0 saturated heterocycles. The Morgan fingerprint density at radius 3 is 1.67 bits per heavy atom. The van der Waals surface area contributed by atoms with Gasteiger partial charge in [0.25, 0.3) is 0 Å². The maximum absolute atomic E-state index is 11.3. The zero-order chi connectivity index (χ0) is 22.9. The van der Waals surface area contributed by atoms with Gasteiger partial charge in [-0.2, -0.15) is 0 Å². The van der Waals surface area contributed by atoms with E-state index >= 15 is 0 Å². The summed E-state index contributed by atoms with van der Waals surface area (Å²) < 4.78 is 10.8. The van der Waals surface area contributed by atoms with E-state index in [2.05, 4.69) is 29.1 Å². The third-order valence-electron chi connectivity index (χ3n) is 4.75. The van der Waals surface area contributed by atoms with E-state index in [1.54, 1.807) is 0 Å². The van der Waals surface area contributed by atoms with Crippen LogP contribution in [0.3, 0.4) is 0 Å². The van der Waals surface area contributed by atoms with E-state index in [-0.39, 0.29) is 30.1 Å². The SMILES string of the molecule is CCCC[C@@H](CN(C)CCCCN(C)C[C@H](CCNC(C)=O)OC(C)=O)OC(C)=O. The monoisotopic (exact) mass is 429 g/mol. The summed E-state index contributed by atoms with van der Waals surface area (Å²) in [6.45, 7) is 10.2. The van der Waals surface area contributed by atoms with Gasteiger partial charge in [-0.1, -0.05) is 13.3 Å². The molecule has 0 aliphatic rings. The van der Waals surface area contributed by atoms with Crippen LogP contribution >= 0.6 is 0 Å². The van der Waals surface area contributed by atoms with Gasteiger partial charge in [-0.15, -0.1) is 0 Å². The molecule has 176 valence electrons. The topological polar surface area (TPSA) is 88.2 Å². The Hall–Kier alpha value is -1.67. The maximum atomic E-state index is 11.3. The van der Waals surface area contributed by atoms with Crippen LogP contribution in [0, 0.1) is 0 Å². The van der Waals surface area contributed by atoms with E-state index in [0.29, 0.717) is 19.5 Å². The lowest BCUT2D eigenvalue weighted by atomic mass is 10.1. The number of carbonyl (C=O) groups is 3. The number of esters is 2. The predicted octanol–water partition coefficient (Wildman–Crippen LogP) is 2.21. The lowest BCUT2D eigenvalue weighted by Gasteiger charge is -2.25. The molecule has 0 aliphatic heterocycles. The van der Waals surface area contributed by atoms with Gasteiger partial charge in [0.05, 0.1) is 0 Å². The molecule has 0 spiro atoms. The summed E-state index contributed by atoms with van der Waals surface area (Å²) >= 11 is 0. The highest BCUT2D eigenvalue weighted by atomic mass is 16.5. The van der Waals surface area contributed by atoms with Gasteiger partial charge in [-0.25, -0.2) is 0 Å². The van der Waals surface area contributed by atoms with E-state index in [9.17, 15) is 14.4 Å². The molecule has 0 rings (SSSR count). The van der Waals surface area contributed by atoms with Crippen LogP contribution in [-0.2, 0) is 23.9 Å². The fourth-order valence-corrected chi connectivity index (χ4v) is 3.33. The largest absolute Gasteiger partial charge is 0.461 e. The number of hydrogen-bond donors (Lipinski definition) is 1. The Kier molecular flexibility index (Phi) is 16.1. The number of hydrogen-bond acceptors (Lipinski definition) is 7. The minimum Gasteiger partial charge on any atom is -0.461 e. The molecule has 30 heavy (non-hydrogen) atoms. The van der Waals surface area contributed by atoms with E-state index in [0.717, 1.165) is 51.7 Å². The smallest absolute Gasteiger partial charge is 0.302 e. The number of ether oxygens (including phenoxy) is 2. The molecule has 0 aromatic heterocycles. The summed E-state index contributed by atoms with van der Waals surface area (Å²) in [6, 6.07) is 0. The fourth-order valence-electron chi connectivity index (χ4n) is 3.33. The third-order valence-corrected chi connectivity index (χ3v) is 4.75. The van der Waals surface area contributed by atoms with Crippen LogP contribution in [0.2, 0.25) is 0 Å². The van der Waals surface area contributed by atoms with Gasteiger partial charge in [0.1, 0.15) is 12.2 Å². The molecule has 2 atom stereocenters. The van der Waals surface area contributed by atoms with Gasteiger partial charge in [0.15, 0.2) is 0 Å². The molecule has 0 radical (unpaired) electrons. The lowest BCUT2D eigenvalue weighted by molar-refractivity contribution is -0.148. The number of nitrogens with zero attached hydrogens (tertiary/aromatic N) is 2. The number of amides is 1. The van der Waals surface area contributed by atoms with Crippen LogP contribution in [0.1, 0.15) is 66.2 Å². The Balaban J connectivity index is 4.20. The highest BCUT2D eigenvalue weighted by Crippen LogP contribution is 2.08. The van der Waals surface area contributed by atoms with Crippen molar-refractivity contribution in [1.82, 2.24) is 15.1 Å². The van der Waals surface area contributed by atoms with Crippen molar-refractivity contribution in [2.45, 2.75) is 78.4 Å². The van der Waals surface area contributed by atoms with Crippen LogP contribution in [0.4, 0.5) is 0 Å².